The van der Waals surface area contributed by atoms with E-state index in [2.05, 4.69) is 225 Å². The second-order valence-electron chi connectivity index (χ2n) is 19.9. The molecule has 4 heterocycles. The molecule has 73 heavy (non-hydrogen) atoms. The number of fused-ring (bicyclic) bond motifs is 7. The summed E-state index contributed by atoms with van der Waals surface area (Å²) in [6, 6.07) is 57.6. The van der Waals surface area contributed by atoms with Gasteiger partial charge in [0.2, 0.25) is 5.95 Å². The van der Waals surface area contributed by atoms with Crippen LogP contribution in [0.1, 0.15) is 61.7 Å². The van der Waals surface area contributed by atoms with E-state index in [0.29, 0.717) is 17.7 Å². The molecule has 5 nitrogen and oxygen atoms in total. The third-order valence-electron chi connectivity index (χ3n) is 15.2. The van der Waals surface area contributed by atoms with Crippen molar-refractivity contribution in [3.05, 3.63) is 234 Å². The lowest BCUT2D eigenvalue weighted by atomic mass is 9.88. The second kappa shape index (κ2) is 18.4. The molecule has 13 rings (SSSR count). The van der Waals surface area contributed by atoms with Gasteiger partial charge in [-0.1, -0.05) is 171 Å². The van der Waals surface area contributed by atoms with E-state index in [4.69, 9.17) is 15.0 Å². The molecule has 7 aromatic carbocycles. The topological polar surface area (TPSA) is 48.5 Å². The molecule has 4 aromatic heterocycles. The average Bonchev–Trinajstić information content (AvgIpc) is 4.19. The number of hydrogen-bond acceptors (Lipinski definition) is 4. The van der Waals surface area contributed by atoms with Gasteiger partial charge in [-0.2, -0.15) is 9.97 Å². The highest BCUT2D eigenvalue weighted by Gasteiger charge is 2.27. The van der Waals surface area contributed by atoms with Crippen LogP contribution in [0, 0.1) is 12.8 Å². The Morgan fingerprint density at radius 1 is 0.685 bits per heavy atom. The van der Waals surface area contributed by atoms with E-state index in [9.17, 15) is 0 Å². The van der Waals surface area contributed by atoms with Crippen molar-refractivity contribution in [2.75, 3.05) is 0 Å². The Bertz CT molecular complexity index is 4080. The first-order chi connectivity index (χ1) is 35.9. The molecule has 2 unspecified atom stereocenters. The van der Waals surface area contributed by atoms with Crippen LogP contribution in [-0.4, -0.2) is 24.1 Å². The summed E-state index contributed by atoms with van der Waals surface area (Å²) in [6.07, 6.45) is 18.7. The molecule has 2 aliphatic rings. The van der Waals surface area contributed by atoms with Gasteiger partial charge in [0, 0.05) is 53.9 Å². The van der Waals surface area contributed by atoms with E-state index in [1.807, 2.05) is 17.4 Å². The van der Waals surface area contributed by atoms with Crippen molar-refractivity contribution in [1.82, 2.24) is 24.1 Å². The molecule has 6 heteroatoms. The first-order valence-corrected chi connectivity index (χ1v) is 26.6. The lowest BCUT2D eigenvalue weighted by Gasteiger charge is -2.20. The summed E-state index contributed by atoms with van der Waals surface area (Å²) in [7, 11) is 0. The molecule has 2 aliphatic carbocycles. The number of aryl methyl sites for hydroxylation is 1. The van der Waals surface area contributed by atoms with E-state index in [1.165, 1.54) is 70.2 Å². The van der Waals surface area contributed by atoms with Crippen LogP contribution in [0.4, 0.5) is 0 Å². The largest absolute Gasteiger partial charge is 0.309 e. The highest BCUT2D eigenvalue weighted by atomic mass is 32.1. The van der Waals surface area contributed by atoms with Gasteiger partial charge in [-0.05, 0) is 126 Å². The SMILES string of the molecule is C=CC(C)Cc1c(C)sc2ccc(-c3cccc(-c4cccc5c6cc(-n7c8ccccc8c8ccccc87)ccc6n(-c6nc(-c7ccccc7)nc(C7C=CC8=C(CC=C8/C=C\CCC)C7)n6)c45)c3)cc12. The standard InChI is InChI=1S/C67H55N5S/c1-5-7-9-18-44-29-30-49-39-50(31-34-52(44)49)66-68-65(45-19-10-8-11-20-45)69-67(70-66)72-62-35-33-51(71-60-27-14-12-23-54(60)55-24-13-15-28-61(55)71)41-58(62)56-26-17-25-53(64(56)72)48-22-16-21-46(38-48)47-32-36-63-59(40-47)57(43(4)73-63)37-42(3)6-2/h6,8-29,31-36,38,40-42,50H,2,5,7,30,37,39H2,1,3-4H3/b18-9-. The van der Waals surface area contributed by atoms with Crippen molar-refractivity contribution in [3.8, 4) is 45.3 Å². The lowest BCUT2D eigenvalue weighted by Crippen LogP contribution is -2.13. The Balaban J connectivity index is 1.02. The Kier molecular flexibility index (Phi) is 11.3. The van der Waals surface area contributed by atoms with Crippen LogP contribution in [0.15, 0.2) is 217 Å². The Labute approximate surface area is 430 Å². The second-order valence-corrected chi connectivity index (χ2v) is 21.1. The van der Waals surface area contributed by atoms with Crippen LogP contribution in [0.3, 0.4) is 0 Å². The first kappa shape index (κ1) is 44.7. The minimum Gasteiger partial charge on any atom is -0.309 e. The highest BCUT2D eigenvalue weighted by Crippen LogP contribution is 2.44. The average molecular weight is 962 g/mol. The number of hydrogen-bond donors (Lipinski definition) is 0. The van der Waals surface area contributed by atoms with E-state index in [-0.39, 0.29) is 5.92 Å². The molecule has 11 aromatic rings. The van der Waals surface area contributed by atoms with E-state index in [1.54, 1.807) is 0 Å². The maximum atomic E-state index is 5.56. The molecule has 0 spiro atoms. The monoisotopic (exact) mass is 961 g/mol. The van der Waals surface area contributed by atoms with Gasteiger partial charge in [-0.15, -0.1) is 17.9 Å². The van der Waals surface area contributed by atoms with Crippen molar-refractivity contribution in [2.45, 2.75) is 58.8 Å². The summed E-state index contributed by atoms with van der Waals surface area (Å²) in [5.74, 6) is 2.44. The zero-order valence-electron chi connectivity index (χ0n) is 41.5. The molecular formula is C67H55N5S. The van der Waals surface area contributed by atoms with Crippen LogP contribution >= 0.6 is 11.3 Å². The molecule has 2 atom stereocenters. The fourth-order valence-electron chi connectivity index (χ4n) is 11.5. The van der Waals surface area contributed by atoms with E-state index >= 15 is 0 Å². The molecule has 0 saturated heterocycles. The van der Waals surface area contributed by atoms with Crippen LogP contribution in [-0.2, 0) is 6.42 Å². The predicted octanol–water partition coefficient (Wildman–Crippen LogP) is 18.0. The summed E-state index contributed by atoms with van der Waals surface area (Å²) in [4.78, 5) is 17.7. The minimum atomic E-state index is -0.00802. The van der Waals surface area contributed by atoms with Crippen LogP contribution in [0.5, 0.6) is 0 Å². The maximum Gasteiger partial charge on any atom is 0.238 e. The zero-order chi connectivity index (χ0) is 49.2. The minimum absolute atomic E-state index is 0.00802. The molecular weight excluding hydrogens is 907 g/mol. The molecule has 0 fully saturated rings. The Morgan fingerprint density at radius 2 is 1.41 bits per heavy atom. The maximum absolute atomic E-state index is 5.56. The number of unbranched alkanes of at least 4 members (excludes halogenated alkanes) is 1. The molecule has 0 amide bonds. The predicted molar refractivity (Wildman–Crippen MR) is 308 cm³/mol. The van der Waals surface area contributed by atoms with E-state index in [0.717, 1.165) is 82.1 Å². The van der Waals surface area contributed by atoms with Crippen molar-refractivity contribution in [2.24, 2.45) is 5.92 Å². The summed E-state index contributed by atoms with van der Waals surface area (Å²) < 4.78 is 6.05. The molecule has 0 bridgehead atoms. The third-order valence-corrected chi connectivity index (χ3v) is 16.3. The number of aromatic nitrogens is 5. The van der Waals surface area contributed by atoms with Crippen molar-refractivity contribution < 1.29 is 0 Å². The summed E-state index contributed by atoms with van der Waals surface area (Å²) >= 11 is 1.89. The lowest BCUT2D eigenvalue weighted by molar-refractivity contribution is 0.720. The normalized spacial score (nSPS) is 15.2. The van der Waals surface area contributed by atoms with Gasteiger partial charge in [-0.25, -0.2) is 4.98 Å². The van der Waals surface area contributed by atoms with Crippen LogP contribution in [0.2, 0.25) is 0 Å². The Morgan fingerprint density at radius 3 is 2.22 bits per heavy atom. The summed E-state index contributed by atoms with van der Waals surface area (Å²) in [5, 5.41) is 6.08. The van der Waals surface area contributed by atoms with Gasteiger partial charge < -0.3 is 4.57 Å². The van der Waals surface area contributed by atoms with Gasteiger partial charge in [0.25, 0.3) is 0 Å². The molecule has 354 valence electrons. The zero-order valence-corrected chi connectivity index (χ0v) is 42.3. The first-order valence-electron chi connectivity index (χ1n) is 25.8. The number of thiophene rings is 1. The number of nitrogens with zero attached hydrogens (tertiary/aromatic N) is 5. The quantitative estimate of drug-likeness (QED) is 0.115. The fraction of sp³-hybridized carbons (Fsp3) is 0.149. The van der Waals surface area contributed by atoms with Gasteiger partial charge in [0.1, 0.15) is 5.82 Å². The van der Waals surface area contributed by atoms with Crippen LogP contribution < -0.4 is 0 Å². The molecule has 0 aliphatic heterocycles. The van der Waals surface area contributed by atoms with Gasteiger partial charge >= 0.3 is 0 Å². The summed E-state index contributed by atoms with van der Waals surface area (Å²) in [5.41, 5.74) is 16.7. The number of allylic oxidation sites excluding steroid dienone is 9. The van der Waals surface area contributed by atoms with Gasteiger partial charge in [0.05, 0.1) is 22.1 Å². The third kappa shape index (κ3) is 7.80. The number of rotatable bonds is 12. The Hall–Kier alpha value is -8.19. The van der Waals surface area contributed by atoms with Crippen molar-refractivity contribution >= 4 is 65.0 Å². The number of para-hydroxylation sites is 3. The van der Waals surface area contributed by atoms with E-state index < -0.39 is 0 Å². The fourth-order valence-corrected chi connectivity index (χ4v) is 12.6. The molecule has 0 radical (unpaired) electrons. The van der Waals surface area contributed by atoms with Crippen molar-refractivity contribution in [1.29, 1.82) is 0 Å². The number of benzene rings is 7. The van der Waals surface area contributed by atoms with Gasteiger partial charge in [0.15, 0.2) is 5.82 Å². The van der Waals surface area contributed by atoms with Crippen molar-refractivity contribution in [3.63, 3.8) is 0 Å². The van der Waals surface area contributed by atoms with Crippen LogP contribution in [0.25, 0.3) is 99.0 Å². The van der Waals surface area contributed by atoms with Gasteiger partial charge in [-0.3, -0.25) is 4.57 Å². The molecule has 0 N–H and O–H groups in total. The highest BCUT2D eigenvalue weighted by molar-refractivity contribution is 7.19. The molecule has 0 saturated carbocycles. The summed E-state index contributed by atoms with van der Waals surface area (Å²) in [6.45, 7) is 10.8. The smallest absolute Gasteiger partial charge is 0.238 e.